The Kier molecular flexibility index (Phi) is 9.76. The minimum Gasteiger partial charge on any atom is -0.316 e. The van der Waals surface area contributed by atoms with Crippen molar-refractivity contribution in [2.45, 2.75) is 73.3 Å². The number of hydrogen-bond donors (Lipinski definition) is 1. The van der Waals surface area contributed by atoms with Crippen LogP contribution in [0.15, 0.2) is 0 Å². The van der Waals surface area contributed by atoms with Gasteiger partial charge in [-0.3, -0.25) is 0 Å². The van der Waals surface area contributed by atoms with Crippen molar-refractivity contribution in [3.05, 3.63) is 0 Å². The van der Waals surface area contributed by atoms with E-state index in [1.54, 1.807) is 0 Å². The molecule has 0 aliphatic rings. The van der Waals surface area contributed by atoms with Crippen LogP contribution < -0.4 is 5.32 Å². The van der Waals surface area contributed by atoms with Crippen LogP contribution in [0.2, 0.25) is 0 Å². The molecule has 0 saturated heterocycles. The van der Waals surface area contributed by atoms with E-state index in [-0.39, 0.29) is 0 Å². The molecule has 2 heteroatoms. The molecule has 0 aliphatic heterocycles. The first-order chi connectivity index (χ1) is 8.49. The maximum absolute atomic E-state index is 3.62. The maximum Gasteiger partial charge on any atom is 0.00502 e. The van der Waals surface area contributed by atoms with Crippen LogP contribution in [0.25, 0.3) is 0 Å². The maximum atomic E-state index is 3.62. The summed E-state index contributed by atoms with van der Waals surface area (Å²) in [6, 6.07) is 0.660. The van der Waals surface area contributed by atoms with Crippen molar-refractivity contribution in [2.24, 2.45) is 5.41 Å². The predicted molar refractivity (Wildman–Crippen MR) is 83.2 cm³/mol. The minimum absolute atomic E-state index is 0.420. The normalized spacial score (nSPS) is 15.3. The van der Waals surface area contributed by atoms with E-state index in [2.05, 4.69) is 51.8 Å². The van der Waals surface area contributed by atoms with Gasteiger partial charge in [0, 0.05) is 19.1 Å². The smallest absolute Gasteiger partial charge is 0.00502 e. The molecular weight excluding hydrogens is 220 g/mol. The summed E-state index contributed by atoms with van der Waals surface area (Å²) in [6.45, 7) is 18.7. The number of rotatable bonds is 11. The van der Waals surface area contributed by atoms with E-state index in [1.165, 1.54) is 38.8 Å². The zero-order valence-corrected chi connectivity index (χ0v) is 13.7. The first kappa shape index (κ1) is 17.9. The molecule has 0 aromatic heterocycles. The Balaban J connectivity index is 4.44. The highest BCUT2D eigenvalue weighted by atomic mass is 15.2. The molecule has 1 unspecified atom stereocenters. The monoisotopic (exact) mass is 256 g/mol. The number of nitrogens with zero attached hydrogens (tertiary/aromatic N) is 1. The Hall–Kier alpha value is -0.0800. The lowest BCUT2D eigenvalue weighted by Crippen LogP contribution is -2.45. The van der Waals surface area contributed by atoms with E-state index in [9.17, 15) is 0 Å². The molecule has 0 bridgehead atoms. The molecule has 0 heterocycles. The summed E-state index contributed by atoms with van der Waals surface area (Å²) in [4.78, 5) is 2.64. The van der Waals surface area contributed by atoms with E-state index in [4.69, 9.17) is 0 Å². The van der Waals surface area contributed by atoms with Gasteiger partial charge in [-0.2, -0.15) is 0 Å². The highest BCUT2D eigenvalue weighted by molar-refractivity contribution is 4.81. The van der Waals surface area contributed by atoms with E-state index < -0.39 is 0 Å². The molecule has 1 atom stereocenters. The lowest BCUT2D eigenvalue weighted by atomic mass is 9.84. The van der Waals surface area contributed by atoms with E-state index >= 15 is 0 Å². The second-order valence-electron chi connectivity index (χ2n) is 6.30. The van der Waals surface area contributed by atoms with Gasteiger partial charge in [-0.1, -0.05) is 34.1 Å². The van der Waals surface area contributed by atoms with E-state index in [0.717, 1.165) is 13.1 Å². The third kappa shape index (κ3) is 7.38. The lowest BCUT2D eigenvalue weighted by molar-refractivity contribution is 0.122. The van der Waals surface area contributed by atoms with Crippen molar-refractivity contribution in [1.82, 2.24) is 10.2 Å². The summed E-state index contributed by atoms with van der Waals surface area (Å²) in [5, 5.41) is 3.62. The standard InChI is InChI=1S/C16H36N2/c1-7-10-16(6,13-17-11-8-2)14-18(12-9-3)15(4)5/h15,17H,7-14H2,1-6H3. The Morgan fingerprint density at radius 3 is 2.17 bits per heavy atom. The van der Waals surface area contributed by atoms with Crippen LogP contribution in [0.5, 0.6) is 0 Å². The number of nitrogens with one attached hydrogen (secondary N) is 1. The van der Waals surface area contributed by atoms with Crippen molar-refractivity contribution in [3.63, 3.8) is 0 Å². The van der Waals surface area contributed by atoms with Crippen molar-refractivity contribution < 1.29 is 0 Å². The second-order valence-corrected chi connectivity index (χ2v) is 6.30. The van der Waals surface area contributed by atoms with E-state index in [1.807, 2.05) is 0 Å². The molecule has 0 spiro atoms. The van der Waals surface area contributed by atoms with Crippen LogP contribution in [-0.4, -0.2) is 37.1 Å². The van der Waals surface area contributed by atoms with Crippen molar-refractivity contribution >= 4 is 0 Å². The average Bonchev–Trinajstić information content (AvgIpc) is 2.29. The SMILES string of the molecule is CCCNCC(C)(CCC)CN(CCC)C(C)C. The molecule has 18 heavy (non-hydrogen) atoms. The lowest BCUT2D eigenvalue weighted by Gasteiger charge is -2.38. The summed E-state index contributed by atoms with van der Waals surface area (Å²) in [5.41, 5.74) is 0.420. The van der Waals surface area contributed by atoms with E-state index in [0.29, 0.717) is 11.5 Å². The Morgan fingerprint density at radius 2 is 1.72 bits per heavy atom. The molecule has 1 N–H and O–H groups in total. The molecule has 0 aromatic carbocycles. The summed E-state index contributed by atoms with van der Waals surface area (Å²) < 4.78 is 0. The second kappa shape index (κ2) is 9.80. The molecule has 0 fully saturated rings. The molecule has 0 saturated carbocycles. The molecule has 0 radical (unpaired) electrons. The van der Waals surface area contributed by atoms with Crippen LogP contribution in [-0.2, 0) is 0 Å². The number of hydrogen-bond acceptors (Lipinski definition) is 2. The summed E-state index contributed by atoms with van der Waals surface area (Å²) in [7, 11) is 0. The van der Waals surface area contributed by atoms with Gasteiger partial charge in [0.2, 0.25) is 0 Å². The molecule has 0 aliphatic carbocycles. The molecule has 0 aromatic rings. The van der Waals surface area contributed by atoms with Crippen LogP contribution in [0.1, 0.15) is 67.2 Å². The zero-order valence-electron chi connectivity index (χ0n) is 13.7. The molecule has 110 valence electrons. The summed E-state index contributed by atoms with van der Waals surface area (Å²) >= 11 is 0. The molecule has 2 nitrogen and oxygen atoms in total. The highest BCUT2D eigenvalue weighted by Crippen LogP contribution is 2.25. The van der Waals surface area contributed by atoms with Gasteiger partial charge in [0.1, 0.15) is 0 Å². The zero-order chi connectivity index (χ0) is 14.0. The van der Waals surface area contributed by atoms with Crippen molar-refractivity contribution in [2.75, 3.05) is 26.2 Å². The van der Waals surface area contributed by atoms with Gasteiger partial charge in [0.05, 0.1) is 0 Å². The van der Waals surface area contributed by atoms with Crippen LogP contribution >= 0.6 is 0 Å². The van der Waals surface area contributed by atoms with Gasteiger partial charge in [-0.25, -0.2) is 0 Å². The fourth-order valence-corrected chi connectivity index (χ4v) is 2.69. The third-order valence-corrected chi connectivity index (χ3v) is 3.66. The predicted octanol–water partition coefficient (Wildman–Crippen LogP) is 3.91. The first-order valence-electron chi connectivity index (χ1n) is 7.93. The van der Waals surface area contributed by atoms with Crippen molar-refractivity contribution in [3.8, 4) is 0 Å². The topological polar surface area (TPSA) is 15.3 Å². The van der Waals surface area contributed by atoms with Gasteiger partial charge >= 0.3 is 0 Å². The summed E-state index contributed by atoms with van der Waals surface area (Å²) in [6.07, 6.45) is 5.08. The Morgan fingerprint density at radius 1 is 1.06 bits per heavy atom. The fourth-order valence-electron chi connectivity index (χ4n) is 2.69. The van der Waals surface area contributed by atoms with Crippen LogP contribution in [0.3, 0.4) is 0 Å². The van der Waals surface area contributed by atoms with Gasteiger partial charge in [-0.05, 0) is 51.6 Å². The van der Waals surface area contributed by atoms with Crippen LogP contribution in [0, 0.1) is 5.41 Å². The fraction of sp³-hybridized carbons (Fsp3) is 1.00. The third-order valence-electron chi connectivity index (χ3n) is 3.66. The minimum atomic E-state index is 0.420. The van der Waals surface area contributed by atoms with Crippen LogP contribution in [0.4, 0.5) is 0 Å². The van der Waals surface area contributed by atoms with Gasteiger partial charge < -0.3 is 10.2 Å². The van der Waals surface area contributed by atoms with Gasteiger partial charge in [-0.15, -0.1) is 0 Å². The van der Waals surface area contributed by atoms with Gasteiger partial charge in [0.25, 0.3) is 0 Å². The quantitative estimate of drug-likeness (QED) is 0.564. The Bertz CT molecular complexity index is 192. The summed E-state index contributed by atoms with van der Waals surface area (Å²) in [5.74, 6) is 0. The largest absolute Gasteiger partial charge is 0.316 e. The first-order valence-corrected chi connectivity index (χ1v) is 7.93. The Labute approximate surface area is 116 Å². The van der Waals surface area contributed by atoms with Gasteiger partial charge in [0.15, 0.2) is 0 Å². The van der Waals surface area contributed by atoms with Crippen molar-refractivity contribution in [1.29, 1.82) is 0 Å². The molecule has 0 amide bonds. The molecular formula is C16H36N2. The molecule has 0 rings (SSSR count). The average molecular weight is 256 g/mol. The highest BCUT2D eigenvalue weighted by Gasteiger charge is 2.26.